The first kappa shape index (κ1) is 17.3. The molecule has 0 aliphatic carbocycles. The Bertz CT molecular complexity index is 847. The Balaban J connectivity index is 1.74. The van der Waals surface area contributed by atoms with Crippen LogP contribution in [0.25, 0.3) is 11.0 Å². The van der Waals surface area contributed by atoms with Gasteiger partial charge in [-0.3, -0.25) is 4.79 Å². The first-order chi connectivity index (χ1) is 12.1. The lowest BCUT2D eigenvalue weighted by Crippen LogP contribution is -2.49. The maximum absolute atomic E-state index is 12.5. The molecule has 6 heteroatoms. The van der Waals surface area contributed by atoms with Gasteiger partial charge in [0.2, 0.25) is 5.91 Å². The lowest BCUT2D eigenvalue weighted by molar-refractivity contribution is -0.122. The first-order valence-electron chi connectivity index (χ1n) is 8.23. The van der Waals surface area contributed by atoms with Gasteiger partial charge >= 0.3 is 7.12 Å². The second-order valence-corrected chi connectivity index (χ2v) is 6.12. The van der Waals surface area contributed by atoms with Crippen LogP contribution in [0.4, 0.5) is 0 Å². The lowest BCUT2D eigenvalue weighted by atomic mass is 9.75. The largest absolute Gasteiger partial charge is 0.475 e. The monoisotopic (exact) mass is 337 g/mol. The zero-order valence-electron chi connectivity index (χ0n) is 13.9. The third-order valence-corrected chi connectivity index (χ3v) is 4.38. The van der Waals surface area contributed by atoms with E-state index in [-0.39, 0.29) is 18.2 Å². The van der Waals surface area contributed by atoms with Crippen LogP contribution < -0.4 is 5.32 Å². The molecule has 0 radical (unpaired) electrons. The zero-order valence-corrected chi connectivity index (χ0v) is 13.9. The van der Waals surface area contributed by atoms with E-state index in [4.69, 9.17) is 4.42 Å². The fourth-order valence-corrected chi connectivity index (χ4v) is 2.86. The van der Waals surface area contributed by atoms with Crippen LogP contribution in [0.2, 0.25) is 0 Å². The van der Waals surface area contributed by atoms with Crippen LogP contribution in [0.5, 0.6) is 0 Å². The Morgan fingerprint density at radius 3 is 2.52 bits per heavy atom. The maximum Gasteiger partial charge on any atom is 0.475 e. The van der Waals surface area contributed by atoms with Crippen molar-refractivity contribution in [1.82, 2.24) is 5.32 Å². The summed E-state index contributed by atoms with van der Waals surface area (Å²) in [5.41, 5.74) is 2.42. The van der Waals surface area contributed by atoms with Crippen molar-refractivity contribution in [2.75, 3.05) is 0 Å². The highest BCUT2D eigenvalue weighted by atomic mass is 16.4. The van der Waals surface area contributed by atoms with Crippen LogP contribution in [-0.4, -0.2) is 29.0 Å². The topological polar surface area (TPSA) is 82.7 Å². The van der Waals surface area contributed by atoms with E-state index in [0.717, 1.165) is 22.1 Å². The molecule has 1 heterocycles. The summed E-state index contributed by atoms with van der Waals surface area (Å²) in [6.45, 7) is 1.79. The highest BCUT2D eigenvalue weighted by Crippen LogP contribution is 2.22. The van der Waals surface area contributed by atoms with Crippen LogP contribution in [-0.2, 0) is 11.2 Å². The van der Waals surface area contributed by atoms with Crippen molar-refractivity contribution in [2.24, 2.45) is 0 Å². The van der Waals surface area contributed by atoms with Gasteiger partial charge in [0.25, 0.3) is 0 Å². The molecule has 0 aliphatic heterocycles. The van der Waals surface area contributed by atoms with Crippen molar-refractivity contribution in [3.05, 3.63) is 72.0 Å². The molecule has 0 unspecified atom stereocenters. The summed E-state index contributed by atoms with van der Waals surface area (Å²) in [5, 5.41) is 23.0. The van der Waals surface area contributed by atoms with Crippen LogP contribution in [0, 0.1) is 0 Å². The molecular formula is C19H20BNO4. The Morgan fingerprint density at radius 1 is 1.12 bits per heavy atom. The van der Waals surface area contributed by atoms with Gasteiger partial charge in [-0.2, -0.15) is 0 Å². The van der Waals surface area contributed by atoms with Gasteiger partial charge in [-0.15, -0.1) is 0 Å². The summed E-state index contributed by atoms with van der Waals surface area (Å²) in [7, 11) is -1.67. The van der Waals surface area contributed by atoms with Gasteiger partial charge in [0.1, 0.15) is 5.58 Å². The highest BCUT2D eigenvalue weighted by Gasteiger charge is 2.28. The van der Waals surface area contributed by atoms with Crippen molar-refractivity contribution in [3.63, 3.8) is 0 Å². The number of para-hydroxylation sites is 1. The lowest BCUT2D eigenvalue weighted by Gasteiger charge is -2.20. The van der Waals surface area contributed by atoms with Crippen molar-refractivity contribution in [3.8, 4) is 0 Å². The Labute approximate surface area is 146 Å². The van der Waals surface area contributed by atoms with Crippen molar-refractivity contribution >= 4 is 24.0 Å². The molecule has 5 nitrogen and oxygen atoms in total. The third kappa shape index (κ3) is 3.92. The Morgan fingerprint density at radius 2 is 1.80 bits per heavy atom. The predicted octanol–water partition coefficient (Wildman–Crippen LogP) is 2.28. The zero-order chi connectivity index (χ0) is 17.8. The molecule has 0 aliphatic rings. The molecule has 25 heavy (non-hydrogen) atoms. The number of hydrogen-bond donors (Lipinski definition) is 3. The molecule has 3 N–H and O–H groups in total. The number of rotatable bonds is 6. The van der Waals surface area contributed by atoms with Gasteiger partial charge in [-0.05, 0) is 30.5 Å². The summed E-state index contributed by atoms with van der Waals surface area (Å²) >= 11 is 0. The van der Waals surface area contributed by atoms with Gasteiger partial charge < -0.3 is 19.8 Å². The number of nitrogens with one attached hydrogen (secondary N) is 1. The van der Waals surface area contributed by atoms with E-state index < -0.39 is 13.1 Å². The van der Waals surface area contributed by atoms with Gasteiger partial charge in [0.05, 0.1) is 18.1 Å². The fraction of sp³-hybridized carbons (Fsp3) is 0.211. The molecule has 1 amide bonds. The number of furan rings is 1. The minimum absolute atomic E-state index is 0.253. The average molecular weight is 337 g/mol. The highest BCUT2D eigenvalue weighted by molar-refractivity contribution is 6.43. The molecule has 0 spiro atoms. The number of fused-ring (bicyclic) bond motifs is 1. The van der Waals surface area contributed by atoms with Crippen LogP contribution in [0.1, 0.15) is 24.0 Å². The normalized spacial score (nSPS) is 13.4. The molecule has 2 atom stereocenters. The fourth-order valence-electron chi connectivity index (χ4n) is 2.86. The quantitative estimate of drug-likeness (QED) is 0.603. The molecule has 3 rings (SSSR count). The van der Waals surface area contributed by atoms with E-state index in [2.05, 4.69) is 5.32 Å². The molecule has 1 aromatic heterocycles. The Hall–Kier alpha value is -2.57. The van der Waals surface area contributed by atoms with Crippen LogP contribution >= 0.6 is 0 Å². The first-order valence-corrected chi connectivity index (χ1v) is 8.23. The maximum atomic E-state index is 12.5. The molecule has 128 valence electrons. The second-order valence-electron chi connectivity index (χ2n) is 6.12. The summed E-state index contributed by atoms with van der Waals surface area (Å²) in [6.07, 6.45) is 1.86. The number of benzene rings is 2. The van der Waals surface area contributed by atoms with E-state index in [1.165, 1.54) is 0 Å². The summed E-state index contributed by atoms with van der Waals surface area (Å²) < 4.78 is 5.48. The number of amides is 1. The van der Waals surface area contributed by atoms with Gasteiger partial charge in [0, 0.05) is 5.39 Å². The van der Waals surface area contributed by atoms with E-state index >= 15 is 0 Å². The summed E-state index contributed by atoms with van der Waals surface area (Å²) in [6, 6.07) is 16.9. The van der Waals surface area contributed by atoms with E-state index in [1.807, 2.05) is 54.6 Å². The number of carbonyl (C=O) groups is 1. The molecular weight excluding hydrogens is 317 g/mol. The second kappa shape index (κ2) is 7.55. The summed E-state index contributed by atoms with van der Waals surface area (Å²) in [5.74, 6) is -1.46. The van der Waals surface area contributed by atoms with Crippen molar-refractivity contribution in [1.29, 1.82) is 0 Å². The standard InChI is InChI=1S/C19H20BNO4/c1-13(14-7-3-2-4-8-14)19(22)21-18(20(23)24)11-15-12-25-17-10-6-5-9-16(15)17/h2-10,12-13,18,23-24H,11H2,1H3,(H,21,22)/t13-,18+/m1/s1. The third-order valence-electron chi connectivity index (χ3n) is 4.38. The van der Waals surface area contributed by atoms with Crippen molar-refractivity contribution in [2.45, 2.75) is 25.2 Å². The summed E-state index contributed by atoms with van der Waals surface area (Å²) in [4.78, 5) is 12.5. The number of hydrogen-bond acceptors (Lipinski definition) is 4. The Kier molecular flexibility index (Phi) is 5.21. The van der Waals surface area contributed by atoms with Gasteiger partial charge in [0.15, 0.2) is 0 Å². The van der Waals surface area contributed by atoms with E-state index in [0.29, 0.717) is 0 Å². The number of carbonyl (C=O) groups excluding carboxylic acids is 1. The van der Waals surface area contributed by atoms with Crippen LogP contribution in [0.15, 0.2) is 65.3 Å². The minimum atomic E-state index is -1.67. The molecule has 0 saturated heterocycles. The molecule has 0 saturated carbocycles. The van der Waals surface area contributed by atoms with Gasteiger partial charge in [-0.1, -0.05) is 48.5 Å². The SMILES string of the molecule is C[C@@H](C(=O)N[C@@H](Cc1coc2ccccc12)B(O)O)c1ccccc1. The van der Waals surface area contributed by atoms with Crippen LogP contribution in [0.3, 0.4) is 0 Å². The molecule has 3 aromatic rings. The van der Waals surface area contributed by atoms with E-state index in [1.54, 1.807) is 13.2 Å². The average Bonchev–Trinajstić information content (AvgIpc) is 3.04. The molecule has 0 fully saturated rings. The van der Waals surface area contributed by atoms with Gasteiger partial charge in [-0.25, -0.2) is 0 Å². The van der Waals surface area contributed by atoms with E-state index in [9.17, 15) is 14.8 Å². The minimum Gasteiger partial charge on any atom is -0.464 e. The van der Waals surface area contributed by atoms with Crippen molar-refractivity contribution < 1.29 is 19.3 Å². The molecule has 0 bridgehead atoms. The predicted molar refractivity (Wildman–Crippen MR) is 96.9 cm³/mol. The molecule has 2 aromatic carbocycles. The smallest absolute Gasteiger partial charge is 0.464 e.